The predicted molar refractivity (Wildman–Crippen MR) is 91.4 cm³/mol. The number of hydrogen-bond acceptors (Lipinski definition) is 7. The highest BCUT2D eigenvalue weighted by Gasteiger charge is 2.34. The van der Waals surface area contributed by atoms with Crippen molar-refractivity contribution in [1.29, 1.82) is 0 Å². The molecule has 9 heteroatoms. The van der Waals surface area contributed by atoms with Gasteiger partial charge in [0.1, 0.15) is 0 Å². The smallest absolute Gasteiger partial charge is 0.261 e. The van der Waals surface area contributed by atoms with Gasteiger partial charge >= 0.3 is 0 Å². The lowest BCUT2D eigenvalue weighted by molar-refractivity contribution is -0.116. The summed E-state index contributed by atoms with van der Waals surface area (Å²) in [6, 6.07) is 6.65. The van der Waals surface area contributed by atoms with Gasteiger partial charge in [-0.2, -0.15) is 0 Å². The molecule has 0 saturated heterocycles. The van der Waals surface area contributed by atoms with E-state index in [9.17, 15) is 14.4 Å². The fourth-order valence-electron chi connectivity index (χ4n) is 2.28. The number of amides is 3. The number of carbonyl (C=O) groups excluding carboxylic acids is 3. The lowest BCUT2D eigenvalue weighted by Gasteiger charge is -2.12. The molecule has 0 atom stereocenters. The van der Waals surface area contributed by atoms with Gasteiger partial charge in [-0.05, 0) is 17.9 Å². The number of fused-ring (bicyclic) bond motifs is 1. The van der Waals surface area contributed by atoms with Gasteiger partial charge in [-0.15, -0.1) is 10.2 Å². The quantitative estimate of drug-likeness (QED) is 0.481. The first-order chi connectivity index (χ1) is 11.6. The first-order valence-electron chi connectivity index (χ1n) is 7.31. The molecule has 24 heavy (non-hydrogen) atoms. The highest BCUT2D eigenvalue weighted by Crippen LogP contribution is 2.25. The number of carbonyl (C=O) groups is 3. The summed E-state index contributed by atoms with van der Waals surface area (Å²) in [4.78, 5) is 37.5. The molecule has 1 aliphatic rings. The maximum Gasteiger partial charge on any atom is 0.261 e. The standard InChI is InChI=1S/C15H14N4O3S2/c1-2-23-15-18-17-14(24-15)16-11(20)7-8-19-12(21)9-5-3-4-6-10(9)13(19)22/h3-6H,2,7-8H2,1H3,(H,16,17,20). The third-order valence-electron chi connectivity index (χ3n) is 3.36. The van der Waals surface area contributed by atoms with E-state index in [4.69, 9.17) is 0 Å². The summed E-state index contributed by atoms with van der Waals surface area (Å²) in [6.07, 6.45) is 0.0152. The van der Waals surface area contributed by atoms with E-state index in [1.54, 1.807) is 36.0 Å². The second-order valence-electron chi connectivity index (χ2n) is 4.91. The van der Waals surface area contributed by atoms with Gasteiger partial charge in [-0.1, -0.05) is 42.2 Å². The molecule has 124 valence electrons. The number of anilines is 1. The highest BCUT2D eigenvalue weighted by atomic mass is 32.2. The Morgan fingerprint density at radius 1 is 1.21 bits per heavy atom. The fraction of sp³-hybridized carbons (Fsp3) is 0.267. The van der Waals surface area contributed by atoms with Crippen molar-refractivity contribution in [3.05, 3.63) is 35.4 Å². The molecule has 0 saturated carbocycles. The highest BCUT2D eigenvalue weighted by molar-refractivity contribution is 8.01. The van der Waals surface area contributed by atoms with Gasteiger partial charge in [0.2, 0.25) is 11.0 Å². The monoisotopic (exact) mass is 362 g/mol. The SMILES string of the molecule is CCSc1nnc(NC(=O)CCN2C(=O)c3ccccc3C2=O)s1. The van der Waals surface area contributed by atoms with Crippen LogP contribution in [0.5, 0.6) is 0 Å². The zero-order chi connectivity index (χ0) is 17.1. The first-order valence-corrected chi connectivity index (χ1v) is 9.11. The average molecular weight is 362 g/mol. The van der Waals surface area contributed by atoms with Crippen molar-refractivity contribution >= 4 is 46.0 Å². The van der Waals surface area contributed by atoms with Crippen LogP contribution in [-0.4, -0.2) is 45.1 Å². The molecule has 3 rings (SSSR count). The van der Waals surface area contributed by atoms with Crippen LogP contribution in [0.3, 0.4) is 0 Å². The summed E-state index contributed by atoms with van der Waals surface area (Å²) < 4.78 is 0.785. The van der Waals surface area contributed by atoms with Crippen LogP contribution in [0, 0.1) is 0 Å². The second-order valence-corrected chi connectivity index (χ2v) is 7.40. The molecule has 0 bridgehead atoms. The molecule has 2 aromatic rings. The molecule has 0 spiro atoms. The van der Waals surface area contributed by atoms with Crippen molar-refractivity contribution in [1.82, 2.24) is 15.1 Å². The number of benzene rings is 1. The number of hydrogen-bond donors (Lipinski definition) is 1. The van der Waals surface area contributed by atoms with Crippen LogP contribution in [0.4, 0.5) is 5.13 Å². The minimum Gasteiger partial charge on any atom is -0.300 e. The minimum absolute atomic E-state index is 0.0152. The Hall–Kier alpha value is -2.26. The Kier molecular flexibility index (Phi) is 4.91. The molecule has 3 amide bonds. The molecule has 0 aliphatic carbocycles. The van der Waals surface area contributed by atoms with Crippen molar-refractivity contribution in [2.24, 2.45) is 0 Å². The lowest BCUT2D eigenvalue weighted by Crippen LogP contribution is -2.32. The van der Waals surface area contributed by atoms with Crippen LogP contribution < -0.4 is 5.32 Å². The molecule has 1 aliphatic heterocycles. The van der Waals surface area contributed by atoms with E-state index >= 15 is 0 Å². The fourth-order valence-corrected chi connectivity index (χ4v) is 3.94. The van der Waals surface area contributed by atoms with E-state index in [1.165, 1.54) is 11.3 Å². The number of nitrogens with one attached hydrogen (secondary N) is 1. The van der Waals surface area contributed by atoms with Crippen LogP contribution in [0.15, 0.2) is 28.6 Å². The normalized spacial score (nSPS) is 13.3. The Balaban J connectivity index is 1.57. The number of rotatable bonds is 6. The summed E-state index contributed by atoms with van der Waals surface area (Å²) in [5, 5.41) is 10.9. The first kappa shape index (κ1) is 16.6. The van der Waals surface area contributed by atoms with E-state index in [0.29, 0.717) is 16.3 Å². The largest absolute Gasteiger partial charge is 0.300 e. The molecule has 1 N–H and O–H groups in total. The predicted octanol–water partition coefficient (Wildman–Crippen LogP) is 2.27. The average Bonchev–Trinajstić information content (AvgIpc) is 3.10. The van der Waals surface area contributed by atoms with Gasteiger partial charge in [0, 0.05) is 13.0 Å². The van der Waals surface area contributed by atoms with Gasteiger partial charge in [-0.25, -0.2) is 0 Å². The third kappa shape index (κ3) is 3.31. The van der Waals surface area contributed by atoms with Crippen LogP contribution in [0.2, 0.25) is 0 Å². The van der Waals surface area contributed by atoms with Crippen LogP contribution in [0.25, 0.3) is 0 Å². The maximum atomic E-state index is 12.2. The molecule has 0 unspecified atom stereocenters. The molecule has 1 aromatic heterocycles. The molecule has 0 fully saturated rings. The Bertz CT molecular complexity index is 771. The van der Waals surface area contributed by atoms with E-state index in [1.807, 2.05) is 6.92 Å². The van der Waals surface area contributed by atoms with E-state index < -0.39 is 0 Å². The number of imide groups is 1. The molecular weight excluding hydrogens is 348 g/mol. The topological polar surface area (TPSA) is 92.3 Å². The van der Waals surface area contributed by atoms with E-state index in [0.717, 1.165) is 15.0 Å². The van der Waals surface area contributed by atoms with Crippen LogP contribution >= 0.6 is 23.1 Å². The maximum absolute atomic E-state index is 12.2. The van der Waals surface area contributed by atoms with Crippen molar-refractivity contribution in [2.45, 2.75) is 17.7 Å². The number of nitrogens with zero attached hydrogens (tertiary/aromatic N) is 3. The summed E-state index contributed by atoms with van der Waals surface area (Å²) in [6.45, 7) is 2.04. The van der Waals surface area contributed by atoms with Gasteiger partial charge in [0.05, 0.1) is 11.1 Å². The Morgan fingerprint density at radius 2 is 1.88 bits per heavy atom. The van der Waals surface area contributed by atoms with E-state index in [-0.39, 0.29) is 30.7 Å². The number of aromatic nitrogens is 2. The molecule has 7 nitrogen and oxygen atoms in total. The lowest BCUT2D eigenvalue weighted by atomic mass is 10.1. The molecular formula is C15H14N4O3S2. The van der Waals surface area contributed by atoms with E-state index in [2.05, 4.69) is 15.5 Å². The van der Waals surface area contributed by atoms with Crippen molar-refractivity contribution < 1.29 is 14.4 Å². The number of thioether (sulfide) groups is 1. The van der Waals surface area contributed by atoms with Crippen molar-refractivity contribution in [3.63, 3.8) is 0 Å². The van der Waals surface area contributed by atoms with Crippen molar-refractivity contribution in [2.75, 3.05) is 17.6 Å². The second kappa shape index (κ2) is 7.10. The summed E-state index contributed by atoms with van der Waals surface area (Å²) >= 11 is 2.84. The summed E-state index contributed by atoms with van der Waals surface area (Å²) in [5.41, 5.74) is 0.765. The molecule has 0 radical (unpaired) electrons. The minimum atomic E-state index is -0.360. The van der Waals surface area contributed by atoms with Gasteiger partial charge in [-0.3, -0.25) is 19.3 Å². The van der Waals surface area contributed by atoms with Crippen molar-refractivity contribution in [3.8, 4) is 0 Å². The summed E-state index contributed by atoms with van der Waals surface area (Å²) in [5.74, 6) is -0.153. The molecule has 1 aromatic carbocycles. The third-order valence-corrected chi connectivity index (χ3v) is 5.22. The van der Waals surface area contributed by atoms with Gasteiger partial charge in [0.15, 0.2) is 4.34 Å². The van der Waals surface area contributed by atoms with Gasteiger partial charge in [0.25, 0.3) is 11.8 Å². The van der Waals surface area contributed by atoms with Gasteiger partial charge < -0.3 is 5.32 Å². The van der Waals surface area contributed by atoms with Crippen LogP contribution in [0.1, 0.15) is 34.1 Å². The zero-order valence-electron chi connectivity index (χ0n) is 12.8. The van der Waals surface area contributed by atoms with Crippen LogP contribution in [-0.2, 0) is 4.79 Å². The Labute approximate surface area is 146 Å². The zero-order valence-corrected chi connectivity index (χ0v) is 14.4. The molecule has 2 heterocycles. The summed E-state index contributed by atoms with van der Waals surface area (Å²) in [7, 11) is 0. The Morgan fingerprint density at radius 3 is 2.50 bits per heavy atom.